The smallest absolute Gasteiger partial charge is 0.0702 e. The van der Waals surface area contributed by atoms with Crippen LogP contribution in [-0.4, -0.2) is 4.98 Å². The van der Waals surface area contributed by atoms with E-state index in [0.29, 0.717) is 0 Å². The maximum atomic E-state index is 5.76. The summed E-state index contributed by atoms with van der Waals surface area (Å²) in [6.45, 7) is 0. The van der Waals surface area contributed by atoms with Gasteiger partial charge < -0.3 is 0 Å². The standard InChI is InChI=1S/C17H23N3/c18-20-17(10-9-13-5-1-2-6-13)15-11-14-7-3-4-8-16(14)19-12-15/h3-4,7-8,11-13,17,20H,1-2,5-6,9-10,18H2. The lowest BCUT2D eigenvalue weighted by atomic mass is 9.95. The Morgan fingerprint density at radius 1 is 1.25 bits per heavy atom. The molecule has 0 aliphatic heterocycles. The number of nitrogens with one attached hydrogen (secondary N) is 1. The highest BCUT2D eigenvalue weighted by Gasteiger charge is 2.18. The third kappa shape index (κ3) is 3.00. The molecule has 0 amide bonds. The van der Waals surface area contributed by atoms with Gasteiger partial charge in [-0.2, -0.15) is 0 Å². The molecule has 1 atom stereocenters. The summed E-state index contributed by atoms with van der Waals surface area (Å²) in [5.74, 6) is 6.66. The van der Waals surface area contributed by atoms with E-state index < -0.39 is 0 Å². The molecule has 0 saturated heterocycles. The Morgan fingerprint density at radius 3 is 2.85 bits per heavy atom. The van der Waals surface area contributed by atoms with Gasteiger partial charge in [0.25, 0.3) is 0 Å². The third-order valence-corrected chi connectivity index (χ3v) is 4.55. The number of nitrogens with zero attached hydrogens (tertiary/aromatic N) is 1. The fourth-order valence-corrected chi connectivity index (χ4v) is 3.33. The average molecular weight is 269 g/mol. The quantitative estimate of drug-likeness (QED) is 0.642. The molecule has 0 bridgehead atoms. The van der Waals surface area contributed by atoms with Crippen molar-refractivity contribution in [1.29, 1.82) is 0 Å². The van der Waals surface area contributed by atoms with Crippen LogP contribution in [0.3, 0.4) is 0 Å². The summed E-state index contributed by atoms with van der Waals surface area (Å²) in [5.41, 5.74) is 5.21. The zero-order valence-corrected chi connectivity index (χ0v) is 11.9. The fraction of sp³-hybridized carbons (Fsp3) is 0.471. The summed E-state index contributed by atoms with van der Waals surface area (Å²) < 4.78 is 0. The van der Waals surface area contributed by atoms with Gasteiger partial charge in [0.2, 0.25) is 0 Å². The first-order valence-electron chi connectivity index (χ1n) is 7.67. The highest BCUT2D eigenvalue weighted by molar-refractivity contribution is 5.78. The zero-order chi connectivity index (χ0) is 13.8. The molecule has 1 saturated carbocycles. The molecule has 1 aromatic carbocycles. The number of para-hydroxylation sites is 1. The first-order chi connectivity index (χ1) is 9.86. The number of aromatic nitrogens is 1. The second-order valence-corrected chi connectivity index (χ2v) is 5.91. The van der Waals surface area contributed by atoms with Gasteiger partial charge >= 0.3 is 0 Å². The minimum atomic E-state index is 0.215. The van der Waals surface area contributed by atoms with Crippen LogP contribution in [0.5, 0.6) is 0 Å². The molecule has 1 aliphatic rings. The van der Waals surface area contributed by atoms with Gasteiger partial charge in [-0.3, -0.25) is 16.3 Å². The molecule has 1 aromatic heterocycles. The Morgan fingerprint density at radius 2 is 2.05 bits per heavy atom. The maximum Gasteiger partial charge on any atom is 0.0702 e. The van der Waals surface area contributed by atoms with Crippen LogP contribution >= 0.6 is 0 Å². The van der Waals surface area contributed by atoms with Crippen molar-refractivity contribution in [3.05, 3.63) is 42.1 Å². The van der Waals surface area contributed by atoms with Crippen LogP contribution in [0.25, 0.3) is 10.9 Å². The van der Waals surface area contributed by atoms with Crippen LogP contribution < -0.4 is 11.3 Å². The molecule has 3 heteroatoms. The minimum absolute atomic E-state index is 0.215. The molecule has 1 unspecified atom stereocenters. The molecule has 3 nitrogen and oxygen atoms in total. The average Bonchev–Trinajstić information content (AvgIpc) is 3.01. The molecular formula is C17H23N3. The molecule has 0 radical (unpaired) electrons. The normalized spacial score (nSPS) is 17.6. The summed E-state index contributed by atoms with van der Waals surface area (Å²) in [5, 5.41) is 1.19. The Balaban J connectivity index is 1.72. The first kappa shape index (κ1) is 13.5. The number of hydrogen-bond acceptors (Lipinski definition) is 3. The van der Waals surface area contributed by atoms with E-state index in [1.54, 1.807) is 0 Å². The van der Waals surface area contributed by atoms with Crippen molar-refractivity contribution >= 4 is 10.9 Å². The van der Waals surface area contributed by atoms with Crippen molar-refractivity contribution in [2.24, 2.45) is 11.8 Å². The van der Waals surface area contributed by atoms with E-state index in [1.165, 1.54) is 43.1 Å². The molecule has 1 fully saturated rings. The van der Waals surface area contributed by atoms with Gasteiger partial charge in [0.1, 0.15) is 0 Å². The lowest BCUT2D eigenvalue weighted by Gasteiger charge is -2.18. The molecule has 20 heavy (non-hydrogen) atoms. The highest BCUT2D eigenvalue weighted by Crippen LogP contribution is 2.31. The molecule has 1 heterocycles. The minimum Gasteiger partial charge on any atom is -0.271 e. The van der Waals surface area contributed by atoms with Gasteiger partial charge in [0.15, 0.2) is 0 Å². The first-order valence-corrected chi connectivity index (χ1v) is 7.67. The van der Waals surface area contributed by atoms with E-state index in [0.717, 1.165) is 17.9 Å². The number of hydrazine groups is 1. The van der Waals surface area contributed by atoms with E-state index in [2.05, 4.69) is 28.6 Å². The summed E-state index contributed by atoms with van der Waals surface area (Å²) in [4.78, 5) is 4.53. The SMILES string of the molecule is NNC(CCC1CCCC1)c1cnc2ccccc2c1. The van der Waals surface area contributed by atoms with Crippen LogP contribution in [0.4, 0.5) is 0 Å². The molecular weight excluding hydrogens is 246 g/mol. The lowest BCUT2D eigenvalue weighted by Crippen LogP contribution is -2.28. The predicted octanol–water partition coefficient (Wildman–Crippen LogP) is 3.71. The Labute approximate surface area is 120 Å². The molecule has 106 valence electrons. The third-order valence-electron chi connectivity index (χ3n) is 4.55. The van der Waals surface area contributed by atoms with Crippen molar-refractivity contribution in [2.45, 2.75) is 44.6 Å². The number of rotatable bonds is 5. The predicted molar refractivity (Wildman–Crippen MR) is 83.0 cm³/mol. The summed E-state index contributed by atoms with van der Waals surface area (Å²) in [7, 11) is 0. The second-order valence-electron chi connectivity index (χ2n) is 5.91. The molecule has 1 aliphatic carbocycles. The van der Waals surface area contributed by atoms with E-state index in [1.807, 2.05) is 18.3 Å². The fourth-order valence-electron chi connectivity index (χ4n) is 3.33. The number of benzene rings is 1. The molecule has 3 N–H and O–H groups in total. The lowest BCUT2D eigenvalue weighted by molar-refractivity contribution is 0.416. The molecule has 2 aromatic rings. The number of hydrogen-bond donors (Lipinski definition) is 2. The van der Waals surface area contributed by atoms with Crippen LogP contribution in [0, 0.1) is 5.92 Å². The number of fused-ring (bicyclic) bond motifs is 1. The maximum absolute atomic E-state index is 5.76. The largest absolute Gasteiger partial charge is 0.271 e. The molecule has 0 spiro atoms. The van der Waals surface area contributed by atoms with Crippen LogP contribution in [0.15, 0.2) is 36.5 Å². The van der Waals surface area contributed by atoms with E-state index in [-0.39, 0.29) is 6.04 Å². The van der Waals surface area contributed by atoms with Crippen molar-refractivity contribution in [1.82, 2.24) is 10.4 Å². The Bertz CT molecular complexity index is 561. The van der Waals surface area contributed by atoms with Crippen molar-refractivity contribution in [2.75, 3.05) is 0 Å². The molecule has 3 rings (SSSR count). The van der Waals surface area contributed by atoms with Gasteiger partial charge in [-0.05, 0) is 36.5 Å². The summed E-state index contributed by atoms with van der Waals surface area (Å²) in [6, 6.07) is 10.7. The van der Waals surface area contributed by atoms with E-state index >= 15 is 0 Å². The van der Waals surface area contributed by atoms with E-state index in [9.17, 15) is 0 Å². The number of pyridine rings is 1. The zero-order valence-electron chi connectivity index (χ0n) is 11.9. The van der Waals surface area contributed by atoms with Gasteiger partial charge in [-0.1, -0.05) is 43.9 Å². The topological polar surface area (TPSA) is 50.9 Å². The summed E-state index contributed by atoms with van der Waals surface area (Å²) in [6.07, 6.45) is 9.93. The van der Waals surface area contributed by atoms with Crippen LogP contribution in [-0.2, 0) is 0 Å². The van der Waals surface area contributed by atoms with Crippen molar-refractivity contribution in [3.8, 4) is 0 Å². The van der Waals surface area contributed by atoms with Gasteiger partial charge in [-0.15, -0.1) is 0 Å². The second kappa shape index (κ2) is 6.33. The van der Waals surface area contributed by atoms with Crippen molar-refractivity contribution in [3.63, 3.8) is 0 Å². The van der Waals surface area contributed by atoms with Crippen LogP contribution in [0.1, 0.15) is 50.1 Å². The monoisotopic (exact) mass is 269 g/mol. The van der Waals surface area contributed by atoms with Crippen LogP contribution in [0.2, 0.25) is 0 Å². The Kier molecular flexibility index (Phi) is 4.28. The van der Waals surface area contributed by atoms with E-state index in [4.69, 9.17) is 5.84 Å². The van der Waals surface area contributed by atoms with Crippen molar-refractivity contribution < 1.29 is 0 Å². The van der Waals surface area contributed by atoms with Gasteiger partial charge in [-0.25, -0.2) is 0 Å². The van der Waals surface area contributed by atoms with Gasteiger partial charge in [0, 0.05) is 17.6 Å². The summed E-state index contributed by atoms with van der Waals surface area (Å²) >= 11 is 0. The number of nitrogens with two attached hydrogens (primary N) is 1. The highest BCUT2D eigenvalue weighted by atomic mass is 15.2. The van der Waals surface area contributed by atoms with Gasteiger partial charge in [0.05, 0.1) is 5.52 Å². The Hall–Kier alpha value is -1.45.